The fourth-order valence-electron chi connectivity index (χ4n) is 2.39. The van der Waals surface area contributed by atoms with E-state index in [1.54, 1.807) is 12.1 Å². The van der Waals surface area contributed by atoms with E-state index in [9.17, 15) is 18.0 Å². The van der Waals surface area contributed by atoms with Crippen LogP contribution in [0.25, 0.3) is 0 Å². The van der Waals surface area contributed by atoms with Crippen molar-refractivity contribution in [2.45, 2.75) is 9.79 Å². The quantitative estimate of drug-likeness (QED) is 0.665. The molecular weight excluding hydrogens is 318 g/mol. The molecule has 0 aliphatic carbocycles. The van der Waals surface area contributed by atoms with Crippen molar-refractivity contribution in [3.63, 3.8) is 0 Å². The van der Waals surface area contributed by atoms with Crippen LogP contribution in [0.1, 0.15) is 26.3 Å². The Morgan fingerprint density at radius 1 is 1.09 bits per heavy atom. The maximum atomic E-state index is 12.7. The van der Waals surface area contributed by atoms with Crippen molar-refractivity contribution >= 4 is 21.6 Å². The zero-order valence-electron chi connectivity index (χ0n) is 11.6. The first-order valence-corrected chi connectivity index (χ1v) is 8.02. The van der Waals surface area contributed by atoms with Crippen LogP contribution in [0.3, 0.4) is 0 Å². The highest BCUT2D eigenvalue weighted by Crippen LogP contribution is 2.34. The third kappa shape index (κ3) is 2.29. The van der Waals surface area contributed by atoms with E-state index in [0.29, 0.717) is 0 Å². The summed E-state index contributed by atoms with van der Waals surface area (Å²) in [6, 6.07) is 11.3. The molecular formula is C16H9NO5S. The number of ketones is 1. The molecule has 0 saturated heterocycles. The Bertz CT molecular complexity index is 986. The third-order valence-corrected chi connectivity index (χ3v) is 5.29. The van der Waals surface area contributed by atoms with Gasteiger partial charge < -0.3 is 4.74 Å². The number of hydrogen-bond donors (Lipinski definition) is 0. The number of fused-ring (bicyclic) bond motifs is 2. The minimum Gasteiger partial charge on any atom is -0.447 e. The Labute approximate surface area is 131 Å². The Balaban J connectivity index is 2.17. The fraction of sp³-hybridized carbons (Fsp3) is 0.0625. The van der Waals surface area contributed by atoms with Crippen LogP contribution in [0.5, 0.6) is 0 Å². The number of sulfone groups is 1. The van der Waals surface area contributed by atoms with Crippen molar-refractivity contribution in [2.75, 3.05) is 6.61 Å². The lowest BCUT2D eigenvalue weighted by Crippen LogP contribution is -2.21. The van der Waals surface area contributed by atoms with Crippen LogP contribution >= 0.6 is 0 Å². The molecule has 0 aromatic heterocycles. The highest BCUT2D eigenvalue weighted by atomic mass is 32.2. The molecule has 0 unspecified atom stereocenters. The van der Waals surface area contributed by atoms with Crippen LogP contribution in [0, 0.1) is 11.3 Å². The number of benzene rings is 2. The highest BCUT2D eigenvalue weighted by Gasteiger charge is 2.35. The standard InChI is InChI=1S/C16H9NO5S/c17-7-8-22-16(19)10-5-6-12-14(9-10)23(20,21)13-4-2-1-3-11(13)15(12)18/h1-6,9H,8H2. The molecule has 2 aromatic rings. The van der Waals surface area contributed by atoms with E-state index in [1.165, 1.54) is 30.3 Å². The Morgan fingerprint density at radius 2 is 1.78 bits per heavy atom. The molecule has 7 heteroatoms. The number of rotatable bonds is 2. The second kappa shape index (κ2) is 5.34. The fourth-order valence-corrected chi connectivity index (χ4v) is 4.07. The van der Waals surface area contributed by atoms with Crippen molar-refractivity contribution in [2.24, 2.45) is 0 Å². The first kappa shape index (κ1) is 14.9. The number of esters is 1. The molecule has 1 aliphatic heterocycles. The van der Waals surface area contributed by atoms with Gasteiger partial charge in [-0.15, -0.1) is 0 Å². The SMILES string of the molecule is N#CCOC(=O)c1ccc2c(c1)S(=O)(=O)c1ccccc1C2=O. The molecule has 1 heterocycles. The maximum absolute atomic E-state index is 12.7. The molecule has 0 amide bonds. The lowest BCUT2D eigenvalue weighted by Gasteiger charge is -2.19. The summed E-state index contributed by atoms with van der Waals surface area (Å²) in [6.07, 6.45) is 0. The zero-order chi connectivity index (χ0) is 16.6. The van der Waals surface area contributed by atoms with Crippen molar-refractivity contribution in [3.05, 3.63) is 59.2 Å². The zero-order valence-corrected chi connectivity index (χ0v) is 12.5. The summed E-state index contributed by atoms with van der Waals surface area (Å²) < 4.78 is 30.0. The molecule has 0 radical (unpaired) electrons. The minimum absolute atomic E-state index is 0.0144. The van der Waals surface area contributed by atoms with E-state index in [-0.39, 0.29) is 26.5 Å². The number of nitrogens with zero attached hydrogens (tertiary/aromatic N) is 1. The van der Waals surface area contributed by atoms with Gasteiger partial charge in [-0.25, -0.2) is 13.2 Å². The van der Waals surface area contributed by atoms with Gasteiger partial charge in [0.05, 0.1) is 15.4 Å². The van der Waals surface area contributed by atoms with E-state index in [0.717, 1.165) is 6.07 Å². The van der Waals surface area contributed by atoms with Crippen LogP contribution in [0.4, 0.5) is 0 Å². The van der Waals surface area contributed by atoms with Gasteiger partial charge in [0.2, 0.25) is 9.84 Å². The monoisotopic (exact) mass is 327 g/mol. The summed E-state index contributed by atoms with van der Waals surface area (Å²) >= 11 is 0. The lowest BCUT2D eigenvalue weighted by atomic mass is 10.0. The first-order valence-electron chi connectivity index (χ1n) is 6.54. The van der Waals surface area contributed by atoms with Gasteiger partial charge in [-0.3, -0.25) is 4.79 Å². The number of ether oxygens (including phenoxy) is 1. The molecule has 0 fully saturated rings. The Morgan fingerprint density at radius 3 is 2.52 bits per heavy atom. The summed E-state index contributed by atoms with van der Waals surface area (Å²) in [5, 5.41) is 8.41. The summed E-state index contributed by atoms with van der Waals surface area (Å²) in [5.41, 5.74) is 0.0927. The molecule has 0 spiro atoms. The normalized spacial score (nSPS) is 14.3. The van der Waals surface area contributed by atoms with Gasteiger partial charge in [0.15, 0.2) is 12.4 Å². The molecule has 23 heavy (non-hydrogen) atoms. The molecule has 0 bridgehead atoms. The average molecular weight is 327 g/mol. The Kier molecular flexibility index (Phi) is 3.47. The molecule has 3 rings (SSSR count). The average Bonchev–Trinajstić information content (AvgIpc) is 2.57. The largest absolute Gasteiger partial charge is 0.447 e. The van der Waals surface area contributed by atoms with Gasteiger partial charge >= 0.3 is 5.97 Å². The van der Waals surface area contributed by atoms with Gasteiger partial charge in [-0.2, -0.15) is 5.26 Å². The predicted octanol–water partition coefficient (Wildman–Crippen LogP) is 1.74. The minimum atomic E-state index is -3.90. The maximum Gasteiger partial charge on any atom is 0.339 e. The lowest BCUT2D eigenvalue weighted by molar-refractivity contribution is 0.0554. The van der Waals surface area contributed by atoms with Crippen LogP contribution in [0.15, 0.2) is 52.3 Å². The van der Waals surface area contributed by atoms with Crippen LogP contribution in [-0.4, -0.2) is 26.8 Å². The summed E-state index contributed by atoms with van der Waals surface area (Å²) in [7, 11) is -3.90. The van der Waals surface area contributed by atoms with Gasteiger partial charge in [-0.1, -0.05) is 12.1 Å². The second-order valence-electron chi connectivity index (χ2n) is 4.77. The summed E-state index contributed by atoms with van der Waals surface area (Å²) in [6.45, 7) is -0.440. The number of carbonyl (C=O) groups is 2. The van der Waals surface area contributed by atoms with Gasteiger partial charge in [0.25, 0.3) is 0 Å². The van der Waals surface area contributed by atoms with Crippen molar-refractivity contribution in [1.82, 2.24) is 0 Å². The molecule has 0 atom stereocenters. The first-order chi connectivity index (χ1) is 11.0. The van der Waals surface area contributed by atoms with Crippen LogP contribution < -0.4 is 0 Å². The Hall–Kier alpha value is -2.98. The molecule has 6 nitrogen and oxygen atoms in total. The van der Waals surface area contributed by atoms with Gasteiger partial charge in [0, 0.05) is 11.1 Å². The molecule has 2 aromatic carbocycles. The molecule has 0 N–H and O–H groups in total. The smallest absolute Gasteiger partial charge is 0.339 e. The van der Waals surface area contributed by atoms with Gasteiger partial charge in [0.1, 0.15) is 6.07 Å². The van der Waals surface area contributed by atoms with E-state index in [1.807, 2.05) is 0 Å². The molecule has 1 aliphatic rings. The van der Waals surface area contributed by atoms with E-state index in [4.69, 9.17) is 5.26 Å². The molecule has 0 saturated carbocycles. The van der Waals surface area contributed by atoms with Crippen molar-refractivity contribution in [3.8, 4) is 6.07 Å². The van der Waals surface area contributed by atoms with E-state index in [2.05, 4.69) is 4.74 Å². The predicted molar refractivity (Wildman–Crippen MR) is 77.7 cm³/mol. The summed E-state index contributed by atoms with van der Waals surface area (Å²) in [5.74, 6) is -1.24. The van der Waals surface area contributed by atoms with Crippen molar-refractivity contribution < 1.29 is 22.7 Å². The van der Waals surface area contributed by atoms with E-state index < -0.39 is 28.2 Å². The highest BCUT2D eigenvalue weighted by molar-refractivity contribution is 7.91. The summed E-state index contributed by atoms with van der Waals surface area (Å²) in [4.78, 5) is 23.9. The topological polar surface area (TPSA) is 101 Å². The number of hydrogen-bond acceptors (Lipinski definition) is 6. The van der Waals surface area contributed by atoms with E-state index >= 15 is 0 Å². The molecule has 114 valence electrons. The third-order valence-electron chi connectivity index (χ3n) is 3.44. The second-order valence-corrected chi connectivity index (χ2v) is 6.66. The number of nitriles is 1. The van der Waals surface area contributed by atoms with Crippen molar-refractivity contribution in [1.29, 1.82) is 5.26 Å². The van der Waals surface area contributed by atoms with Crippen LogP contribution in [0.2, 0.25) is 0 Å². The number of carbonyl (C=O) groups excluding carboxylic acids is 2. The van der Waals surface area contributed by atoms with Crippen LogP contribution in [-0.2, 0) is 14.6 Å². The van der Waals surface area contributed by atoms with Gasteiger partial charge in [-0.05, 0) is 30.3 Å².